The fraction of sp³-hybridized carbons (Fsp3) is 0.267. The van der Waals surface area contributed by atoms with Gasteiger partial charge in [-0.2, -0.15) is 5.26 Å². The molecular weight excluding hydrogens is 254 g/mol. The zero-order valence-electron chi connectivity index (χ0n) is 11.3. The van der Waals surface area contributed by atoms with Crippen molar-refractivity contribution >= 4 is 17.9 Å². The van der Waals surface area contributed by atoms with E-state index in [2.05, 4.69) is 10.6 Å². The number of amides is 2. The highest BCUT2D eigenvalue weighted by Crippen LogP contribution is 2.04. The van der Waals surface area contributed by atoms with Gasteiger partial charge in [-0.3, -0.25) is 9.59 Å². The summed E-state index contributed by atoms with van der Waals surface area (Å²) >= 11 is 0. The predicted molar refractivity (Wildman–Crippen MR) is 76.5 cm³/mol. The van der Waals surface area contributed by atoms with Crippen molar-refractivity contribution in [1.29, 1.82) is 5.26 Å². The van der Waals surface area contributed by atoms with Gasteiger partial charge in [0, 0.05) is 19.2 Å². The zero-order chi connectivity index (χ0) is 14.8. The standard InChI is InChI=1S/C15H17N3O2/c1-12-2-4-13(5-3-12)6-7-14(19)17-10-11-18-15(20)8-9-16/h2-7H,8,10-11H2,1H3,(H,17,19)(H,18,20)/b7-6+. The molecule has 0 bridgehead atoms. The first-order valence-electron chi connectivity index (χ1n) is 6.28. The molecule has 1 aromatic carbocycles. The van der Waals surface area contributed by atoms with Crippen LogP contribution in [0.2, 0.25) is 0 Å². The molecule has 0 heterocycles. The van der Waals surface area contributed by atoms with Crippen molar-refractivity contribution in [3.8, 4) is 6.07 Å². The van der Waals surface area contributed by atoms with Gasteiger partial charge in [0.1, 0.15) is 6.42 Å². The maximum absolute atomic E-state index is 11.5. The number of carbonyl (C=O) groups is 2. The number of benzene rings is 1. The number of carbonyl (C=O) groups excluding carboxylic acids is 2. The molecule has 0 unspecified atom stereocenters. The third-order valence-electron chi connectivity index (χ3n) is 2.49. The van der Waals surface area contributed by atoms with Crippen LogP contribution in [0.5, 0.6) is 0 Å². The van der Waals surface area contributed by atoms with E-state index < -0.39 is 0 Å². The molecular formula is C15H17N3O2. The minimum Gasteiger partial charge on any atom is -0.353 e. The highest BCUT2D eigenvalue weighted by molar-refractivity contribution is 5.91. The van der Waals surface area contributed by atoms with Gasteiger partial charge in [-0.05, 0) is 18.6 Å². The second-order valence-corrected chi connectivity index (χ2v) is 4.22. The van der Waals surface area contributed by atoms with Crippen LogP contribution in [0.15, 0.2) is 30.3 Å². The summed E-state index contributed by atoms with van der Waals surface area (Å²) in [5, 5.41) is 13.4. The van der Waals surface area contributed by atoms with Crippen molar-refractivity contribution in [1.82, 2.24) is 10.6 Å². The average Bonchev–Trinajstić information content (AvgIpc) is 2.43. The van der Waals surface area contributed by atoms with Gasteiger partial charge < -0.3 is 10.6 Å². The predicted octanol–water partition coefficient (Wildman–Crippen LogP) is 1.15. The molecule has 20 heavy (non-hydrogen) atoms. The van der Waals surface area contributed by atoms with E-state index in [0.29, 0.717) is 13.1 Å². The Balaban J connectivity index is 2.25. The Morgan fingerprint density at radius 2 is 1.85 bits per heavy atom. The number of aryl methyl sites for hydroxylation is 1. The summed E-state index contributed by atoms with van der Waals surface area (Å²) in [4.78, 5) is 22.5. The molecule has 104 valence electrons. The van der Waals surface area contributed by atoms with Crippen LogP contribution in [0.4, 0.5) is 0 Å². The monoisotopic (exact) mass is 271 g/mol. The lowest BCUT2D eigenvalue weighted by Crippen LogP contribution is -2.33. The molecule has 0 aliphatic rings. The molecule has 0 saturated carbocycles. The number of hydrogen-bond acceptors (Lipinski definition) is 3. The lowest BCUT2D eigenvalue weighted by Gasteiger charge is -2.03. The molecule has 0 spiro atoms. The van der Waals surface area contributed by atoms with E-state index in [9.17, 15) is 9.59 Å². The average molecular weight is 271 g/mol. The fourth-order valence-electron chi connectivity index (χ4n) is 1.43. The number of rotatable bonds is 6. The molecule has 1 aromatic rings. The van der Waals surface area contributed by atoms with Crippen molar-refractivity contribution in [2.24, 2.45) is 0 Å². The smallest absolute Gasteiger partial charge is 0.244 e. The Morgan fingerprint density at radius 3 is 2.50 bits per heavy atom. The van der Waals surface area contributed by atoms with Crippen molar-refractivity contribution in [3.05, 3.63) is 41.5 Å². The van der Waals surface area contributed by atoms with Crippen LogP contribution < -0.4 is 10.6 Å². The van der Waals surface area contributed by atoms with Crippen LogP contribution in [0, 0.1) is 18.3 Å². The van der Waals surface area contributed by atoms with Gasteiger partial charge in [0.2, 0.25) is 11.8 Å². The summed E-state index contributed by atoms with van der Waals surface area (Å²) in [6, 6.07) is 9.56. The zero-order valence-corrected chi connectivity index (χ0v) is 11.3. The van der Waals surface area contributed by atoms with Crippen LogP contribution in [0.25, 0.3) is 6.08 Å². The molecule has 2 amide bonds. The van der Waals surface area contributed by atoms with Crippen molar-refractivity contribution < 1.29 is 9.59 Å². The van der Waals surface area contributed by atoms with Gasteiger partial charge in [0.05, 0.1) is 6.07 Å². The molecule has 0 radical (unpaired) electrons. The normalized spacial score (nSPS) is 10.0. The third-order valence-corrected chi connectivity index (χ3v) is 2.49. The van der Waals surface area contributed by atoms with E-state index in [4.69, 9.17) is 5.26 Å². The fourth-order valence-corrected chi connectivity index (χ4v) is 1.43. The summed E-state index contributed by atoms with van der Waals surface area (Å²) in [6.07, 6.45) is 3.01. The van der Waals surface area contributed by atoms with Gasteiger partial charge in [0.25, 0.3) is 0 Å². The second kappa shape index (κ2) is 8.48. The van der Waals surface area contributed by atoms with E-state index >= 15 is 0 Å². The van der Waals surface area contributed by atoms with Crippen LogP contribution in [-0.4, -0.2) is 24.9 Å². The Labute approximate surface area is 118 Å². The Kier molecular flexibility index (Phi) is 6.55. The molecule has 5 heteroatoms. The topological polar surface area (TPSA) is 82.0 Å². The molecule has 0 fully saturated rings. The molecule has 0 aromatic heterocycles. The van der Waals surface area contributed by atoms with E-state index in [1.54, 1.807) is 12.1 Å². The summed E-state index contributed by atoms with van der Waals surface area (Å²) in [5.74, 6) is -0.558. The summed E-state index contributed by atoms with van der Waals surface area (Å²) < 4.78 is 0. The molecule has 5 nitrogen and oxygen atoms in total. The lowest BCUT2D eigenvalue weighted by atomic mass is 10.1. The minimum atomic E-state index is -0.336. The number of hydrogen-bond donors (Lipinski definition) is 2. The maximum Gasteiger partial charge on any atom is 0.244 e. The van der Waals surface area contributed by atoms with Crippen LogP contribution in [0.3, 0.4) is 0 Å². The number of nitrogens with one attached hydrogen (secondary N) is 2. The first-order valence-corrected chi connectivity index (χ1v) is 6.28. The number of nitriles is 1. The molecule has 1 rings (SSSR count). The quantitative estimate of drug-likeness (QED) is 0.601. The van der Waals surface area contributed by atoms with Gasteiger partial charge in [-0.15, -0.1) is 0 Å². The van der Waals surface area contributed by atoms with Crippen LogP contribution in [0.1, 0.15) is 17.5 Å². The van der Waals surface area contributed by atoms with E-state index in [1.165, 1.54) is 11.6 Å². The largest absolute Gasteiger partial charge is 0.353 e. The number of nitrogens with zero attached hydrogens (tertiary/aromatic N) is 1. The Hall–Kier alpha value is -2.61. The summed E-state index contributed by atoms with van der Waals surface area (Å²) in [6.45, 7) is 2.64. The first kappa shape index (κ1) is 15.4. The van der Waals surface area contributed by atoms with Crippen molar-refractivity contribution in [3.63, 3.8) is 0 Å². The second-order valence-electron chi connectivity index (χ2n) is 4.22. The van der Waals surface area contributed by atoms with E-state index in [-0.39, 0.29) is 18.2 Å². The van der Waals surface area contributed by atoms with Gasteiger partial charge in [-0.25, -0.2) is 0 Å². The SMILES string of the molecule is Cc1ccc(/C=C/C(=O)NCCNC(=O)CC#N)cc1. The first-order chi connectivity index (χ1) is 9.61. The molecule has 2 N–H and O–H groups in total. The molecule has 0 aliphatic carbocycles. The highest BCUT2D eigenvalue weighted by Gasteiger charge is 1.99. The maximum atomic E-state index is 11.5. The highest BCUT2D eigenvalue weighted by atomic mass is 16.2. The molecule has 0 saturated heterocycles. The van der Waals surface area contributed by atoms with Crippen molar-refractivity contribution in [2.45, 2.75) is 13.3 Å². The minimum absolute atomic E-state index is 0.165. The van der Waals surface area contributed by atoms with E-state index in [0.717, 1.165) is 5.56 Å². The summed E-state index contributed by atoms with van der Waals surface area (Å²) in [7, 11) is 0. The molecule has 0 aliphatic heterocycles. The van der Waals surface area contributed by atoms with Crippen molar-refractivity contribution in [2.75, 3.05) is 13.1 Å². The van der Waals surface area contributed by atoms with Gasteiger partial charge >= 0.3 is 0 Å². The molecule has 0 atom stereocenters. The van der Waals surface area contributed by atoms with Gasteiger partial charge in [-0.1, -0.05) is 29.8 Å². The van der Waals surface area contributed by atoms with Crippen LogP contribution >= 0.6 is 0 Å². The summed E-state index contributed by atoms with van der Waals surface area (Å²) in [5.41, 5.74) is 2.12. The van der Waals surface area contributed by atoms with E-state index in [1.807, 2.05) is 31.2 Å². The van der Waals surface area contributed by atoms with Gasteiger partial charge in [0.15, 0.2) is 0 Å². The lowest BCUT2D eigenvalue weighted by molar-refractivity contribution is -0.120. The third kappa shape index (κ3) is 6.36. The Bertz CT molecular complexity index is 527. The Morgan fingerprint density at radius 1 is 1.20 bits per heavy atom. The van der Waals surface area contributed by atoms with Crippen LogP contribution in [-0.2, 0) is 9.59 Å².